The Morgan fingerprint density at radius 2 is 1.70 bits per heavy atom. The average molecular weight is 703 g/mol. The summed E-state index contributed by atoms with van der Waals surface area (Å²) >= 11 is -2.45. The van der Waals surface area contributed by atoms with Gasteiger partial charge in [0.25, 0.3) is 0 Å². The average Bonchev–Trinajstić information content (AvgIpc) is 3.23. The second-order valence-corrected chi connectivity index (χ2v) is 40.1. The molecule has 0 unspecified atom stereocenters. The van der Waals surface area contributed by atoms with Crippen LogP contribution < -0.4 is 0 Å². The zero-order valence-corrected chi connectivity index (χ0v) is 32.7. The van der Waals surface area contributed by atoms with E-state index in [2.05, 4.69) is 82.1 Å². The van der Waals surface area contributed by atoms with Gasteiger partial charge in [-0.2, -0.15) is 0 Å². The number of carbonyl (C=O) groups is 1. The second-order valence-electron chi connectivity index (χ2n) is 15.5. The normalized spacial score (nSPS) is 33.6. The Bertz CT molecular complexity index is 891. The SMILES string of the molecule is CC[Si](CC)(CC)O[C@H]1C[C@]2(O[C@@H]1[C@H]1C[C@H](C)C=[C]([Sn]([CH3])([CH3])[CH3])O1)[C@@H](C)C[C@@H](C)CN2C(=O)OCC[Si](C)(C)C. The predicted octanol–water partition coefficient (Wildman–Crippen LogP) is 8.50. The molecule has 232 valence electrons. The number of hydrogen-bond donors (Lipinski definition) is 0. The van der Waals surface area contributed by atoms with Crippen molar-refractivity contribution < 1.29 is 23.4 Å². The molecule has 0 aromatic heterocycles. The van der Waals surface area contributed by atoms with Crippen LogP contribution in [0.3, 0.4) is 0 Å². The van der Waals surface area contributed by atoms with Crippen LogP contribution in [0.2, 0.25) is 58.6 Å². The molecule has 3 rings (SSSR count). The van der Waals surface area contributed by atoms with Gasteiger partial charge in [0, 0.05) is 0 Å². The van der Waals surface area contributed by atoms with E-state index in [4.69, 9.17) is 18.6 Å². The van der Waals surface area contributed by atoms with E-state index in [9.17, 15) is 4.79 Å². The second kappa shape index (κ2) is 13.3. The summed E-state index contributed by atoms with van der Waals surface area (Å²) in [4.78, 5) is 23.0. The van der Waals surface area contributed by atoms with Gasteiger partial charge in [-0.1, -0.05) is 19.6 Å². The Morgan fingerprint density at radius 1 is 1.07 bits per heavy atom. The topological polar surface area (TPSA) is 57.2 Å². The van der Waals surface area contributed by atoms with Crippen molar-refractivity contribution in [2.24, 2.45) is 17.8 Å². The minimum Gasteiger partial charge on any atom is -0.0694 e. The van der Waals surface area contributed by atoms with Crippen LogP contribution in [0.15, 0.2) is 9.85 Å². The van der Waals surface area contributed by atoms with Crippen LogP contribution in [0.25, 0.3) is 0 Å². The number of hydrogen-bond acceptors (Lipinski definition) is 5. The van der Waals surface area contributed by atoms with Crippen molar-refractivity contribution in [3.8, 4) is 0 Å². The number of likely N-dealkylation sites (tertiary alicyclic amines) is 1. The van der Waals surface area contributed by atoms with Gasteiger partial charge in [-0.05, 0) is 0 Å². The third kappa shape index (κ3) is 7.91. The van der Waals surface area contributed by atoms with E-state index in [0.29, 0.717) is 31.4 Å². The van der Waals surface area contributed by atoms with E-state index < -0.39 is 40.5 Å². The van der Waals surface area contributed by atoms with Crippen LogP contribution in [-0.2, 0) is 18.6 Å². The number of amides is 1. The van der Waals surface area contributed by atoms with Gasteiger partial charge in [-0.15, -0.1) is 0 Å². The Hall–Kier alpha value is -0.0375. The maximum atomic E-state index is 13.8. The summed E-state index contributed by atoms with van der Waals surface area (Å²) in [6.45, 7) is 21.8. The van der Waals surface area contributed by atoms with Crippen LogP contribution in [0.1, 0.15) is 60.8 Å². The van der Waals surface area contributed by atoms with Crippen LogP contribution >= 0.6 is 0 Å². The fourth-order valence-corrected chi connectivity index (χ4v) is 14.2. The van der Waals surface area contributed by atoms with E-state index in [1.807, 2.05) is 4.90 Å². The van der Waals surface area contributed by atoms with Crippen molar-refractivity contribution in [2.75, 3.05) is 13.2 Å². The molecule has 0 aliphatic carbocycles. The zero-order chi connectivity index (χ0) is 30.1. The Morgan fingerprint density at radius 3 is 2.25 bits per heavy atom. The minimum absolute atomic E-state index is 0.0520. The van der Waals surface area contributed by atoms with Crippen molar-refractivity contribution in [3.63, 3.8) is 0 Å². The standard InChI is InChI=1S/C28H52NO5Si2.3CH3.Sn/c1-10-36(11-2,12-3)34-25-19-28(33-26(25)24-18-21(4)13-14-31-24)23(6)17-22(5)20-29(28)27(30)32-15-16-35(7,8)9;;;;/h13,21-26H,10-12,15-20H2,1-9H3;3*1H3;/t21-,22-,23+,24-,25+,26-,28+;;;;/m1..../s1. The van der Waals surface area contributed by atoms with Gasteiger partial charge in [-0.3, -0.25) is 0 Å². The number of carbonyl (C=O) groups excluding carboxylic acids is 1. The van der Waals surface area contributed by atoms with Crippen LogP contribution in [0.5, 0.6) is 0 Å². The van der Waals surface area contributed by atoms with Gasteiger partial charge in [0.05, 0.1) is 0 Å². The van der Waals surface area contributed by atoms with E-state index in [1.165, 1.54) is 3.78 Å². The molecular weight excluding hydrogens is 641 g/mol. The molecule has 7 atom stereocenters. The van der Waals surface area contributed by atoms with E-state index in [-0.39, 0.29) is 30.3 Å². The fraction of sp³-hybridized carbons (Fsp3) is 0.903. The Kier molecular flexibility index (Phi) is 11.5. The molecule has 0 radical (unpaired) electrons. The molecule has 0 aromatic rings. The smallest absolute Gasteiger partial charge is 0.0694 e. The van der Waals surface area contributed by atoms with Crippen molar-refractivity contribution in [2.45, 2.75) is 143 Å². The minimum atomic E-state index is -2.45. The van der Waals surface area contributed by atoms with Gasteiger partial charge in [-0.25, -0.2) is 0 Å². The summed E-state index contributed by atoms with van der Waals surface area (Å²) in [5, 5.41) is 0. The molecule has 40 heavy (non-hydrogen) atoms. The molecule has 0 aromatic carbocycles. The molecule has 6 nitrogen and oxygen atoms in total. The molecule has 9 heteroatoms. The van der Waals surface area contributed by atoms with Crippen molar-refractivity contribution in [1.82, 2.24) is 4.90 Å². The van der Waals surface area contributed by atoms with E-state index in [1.54, 1.807) is 0 Å². The van der Waals surface area contributed by atoms with Gasteiger partial charge in [0.15, 0.2) is 0 Å². The van der Waals surface area contributed by atoms with Gasteiger partial charge in [0.1, 0.15) is 0 Å². The molecule has 3 heterocycles. The molecule has 2 fully saturated rings. The molecule has 2 saturated heterocycles. The maximum absolute atomic E-state index is 13.8. The Labute approximate surface area is 252 Å². The van der Waals surface area contributed by atoms with Crippen LogP contribution in [-0.4, -0.2) is 82.9 Å². The molecule has 3 aliphatic heterocycles. The first-order valence-electron chi connectivity index (χ1n) is 16.2. The summed E-state index contributed by atoms with van der Waals surface area (Å²) in [5.41, 5.74) is -0.716. The summed E-state index contributed by atoms with van der Waals surface area (Å²) in [6, 6.07) is 4.25. The van der Waals surface area contributed by atoms with E-state index >= 15 is 0 Å². The van der Waals surface area contributed by atoms with E-state index in [0.717, 1.165) is 37.0 Å². The van der Waals surface area contributed by atoms with Crippen molar-refractivity contribution in [3.05, 3.63) is 9.85 Å². The van der Waals surface area contributed by atoms with Gasteiger partial charge in [0.2, 0.25) is 0 Å². The molecule has 3 aliphatic rings. The molecule has 0 saturated carbocycles. The molecule has 0 bridgehead atoms. The quantitative estimate of drug-likeness (QED) is 0.214. The molecule has 1 amide bonds. The monoisotopic (exact) mass is 703 g/mol. The third-order valence-electron chi connectivity index (χ3n) is 9.73. The number of allylic oxidation sites excluding steroid dienone is 1. The Balaban J connectivity index is 1.99. The van der Waals surface area contributed by atoms with Crippen LogP contribution in [0.4, 0.5) is 4.79 Å². The molecular formula is C31H61NO5Si2Sn. The first kappa shape index (κ1) is 34.5. The fourth-order valence-electron chi connectivity index (χ4n) is 6.92. The molecule has 0 N–H and O–H groups in total. The predicted molar refractivity (Wildman–Crippen MR) is 174 cm³/mol. The zero-order valence-electron chi connectivity index (χ0n) is 27.9. The first-order chi connectivity index (χ1) is 18.5. The number of piperidine rings is 1. The number of rotatable bonds is 10. The van der Waals surface area contributed by atoms with Gasteiger partial charge < -0.3 is 0 Å². The molecule has 1 spiro atoms. The summed E-state index contributed by atoms with van der Waals surface area (Å²) < 4.78 is 28.7. The first-order valence-corrected chi connectivity index (χ1v) is 32.4. The number of ether oxygens (including phenoxy) is 3. The van der Waals surface area contributed by atoms with Crippen molar-refractivity contribution in [1.29, 1.82) is 0 Å². The summed E-state index contributed by atoms with van der Waals surface area (Å²) in [6.07, 6.45) is 4.50. The van der Waals surface area contributed by atoms with Crippen molar-refractivity contribution >= 4 is 40.9 Å². The number of nitrogens with zero attached hydrogens (tertiary/aromatic N) is 1. The van der Waals surface area contributed by atoms with Gasteiger partial charge >= 0.3 is 234 Å². The van der Waals surface area contributed by atoms with Crippen LogP contribution in [0, 0.1) is 17.8 Å². The summed E-state index contributed by atoms with van der Waals surface area (Å²) in [7, 11) is -3.25. The summed E-state index contributed by atoms with van der Waals surface area (Å²) in [5.74, 6) is 1.04. The third-order valence-corrected chi connectivity index (χ3v) is 21.1.